The molecule has 0 radical (unpaired) electrons. The summed E-state index contributed by atoms with van der Waals surface area (Å²) in [7, 11) is 0. The summed E-state index contributed by atoms with van der Waals surface area (Å²) >= 11 is 4.98. The molecule has 3 nitrogen and oxygen atoms in total. The third-order valence-corrected chi connectivity index (χ3v) is 4.54. The molecule has 1 fully saturated rings. The molecule has 0 spiro atoms. The largest absolute Gasteiger partial charge is 0.392 e. The van der Waals surface area contributed by atoms with E-state index in [2.05, 4.69) is 28.0 Å². The van der Waals surface area contributed by atoms with Gasteiger partial charge in [0.25, 0.3) is 0 Å². The van der Waals surface area contributed by atoms with Crippen LogP contribution in [-0.2, 0) is 19.4 Å². The van der Waals surface area contributed by atoms with Crippen molar-refractivity contribution >= 4 is 17.2 Å². The first-order valence-corrected chi connectivity index (χ1v) is 7.95. The van der Waals surface area contributed by atoms with Gasteiger partial charge in [-0.25, -0.2) is 0 Å². The molecule has 3 rings (SSSR count). The Hall–Kier alpha value is -0.970. The fourth-order valence-corrected chi connectivity index (χ4v) is 3.49. The van der Waals surface area contributed by atoms with Gasteiger partial charge in [0, 0.05) is 39.3 Å². The van der Waals surface area contributed by atoms with E-state index in [0.717, 1.165) is 39.3 Å². The maximum Gasteiger partial charge on any atom is 0.0870 e. The van der Waals surface area contributed by atoms with Crippen LogP contribution < -0.4 is 5.73 Å². The van der Waals surface area contributed by atoms with Crippen molar-refractivity contribution in [1.29, 1.82) is 0 Å². The minimum Gasteiger partial charge on any atom is -0.392 e. The quantitative estimate of drug-likeness (QED) is 0.853. The van der Waals surface area contributed by atoms with Crippen LogP contribution in [0.25, 0.3) is 0 Å². The molecule has 0 unspecified atom stereocenters. The number of nitrogens with two attached hydrogens (primary N) is 1. The molecule has 20 heavy (non-hydrogen) atoms. The van der Waals surface area contributed by atoms with Crippen LogP contribution >= 0.6 is 12.2 Å². The van der Waals surface area contributed by atoms with E-state index in [1.165, 1.54) is 24.8 Å². The molecule has 0 aromatic heterocycles. The zero-order valence-corrected chi connectivity index (χ0v) is 12.8. The maximum atomic E-state index is 5.61. The molecule has 0 atom stereocenters. The van der Waals surface area contributed by atoms with Crippen molar-refractivity contribution in [2.24, 2.45) is 5.73 Å². The van der Waals surface area contributed by atoms with Crippen LogP contribution in [0, 0.1) is 0 Å². The van der Waals surface area contributed by atoms with Crippen LogP contribution in [0.4, 0.5) is 0 Å². The maximum absolute atomic E-state index is 5.61. The average molecular weight is 289 g/mol. The first kappa shape index (κ1) is 14.0. The minimum absolute atomic E-state index is 0.608. The topological polar surface area (TPSA) is 32.5 Å². The summed E-state index contributed by atoms with van der Waals surface area (Å²) in [5.74, 6) is 0. The fraction of sp³-hybridized carbons (Fsp3) is 0.562. The van der Waals surface area contributed by atoms with Crippen LogP contribution in [0.2, 0.25) is 0 Å². The second kappa shape index (κ2) is 6.20. The Morgan fingerprint density at radius 3 is 2.50 bits per heavy atom. The van der Waals surface area contributed by atoms with Crippen molar-refractivity contribution in [1.82, 2.24) is 9.80 Å². The second-order valence-electron chi connectivity index (χ2n) is 5.98. The number of rotatable bonds is 4. The lowest BCUT2D eigenvalue weighted by Crippen LogP contribution is -2.48. The van der Waals surface area contributed by atoms with E-state index in [4.69, 9.17) is 18.0 Å². The smallest absolute Gasteiger partial charge is 0.0870 e. The van der Waals surface area contributed by atoms with E-state index >= 15 is 0 Å². The van der Waals surface area contributed by atoms with E-state index < -0.39 is 0 Å². The van der Waals surface area contributed by atoms with Crippen LogP contribution in [-0.4, -0.2) is 47.5 Å². The molecule has 4 heteroatoms. The number of thiocarbonyl (C=S) groups is 1. The van der Waals surface area contributed by atoms with Gasteiger partial charge in [0.1, 0.15) is 0 Å². The summed E-state index contributed by atoms with van der Waals surface area (Å²) in [5, 5.41) is 0. The van der Waals surface area contributed by atoms with Gasteiger partial charge in [-0.1, -0.05) is 30.4 Å². The van der Waals surface area contributed by atoms with Crippen molar-refractivity contribution in [3.63, 3.8) is 0 Å². The third kappa shape index (κ3) is 3.37. The van der Waals surface area contributed by atoms with Crippen molar-refractivity contribution in [2.75, 3.05) is 32.7 Å². The highest BCUT2D eigenvalue weighted by molar-refractivity contribution is 7.80. The summed E-state index contributed by atoms with van der Waals surface area (Å²) < 4.78 is 0. The molecule has 1 aliphatic carbocycles. The number of hydrogen-bond acceptors (Lipinski definition) is 3. The average Bonchev–Trinajstić information content (AvgIpc) is 2.88. The number of nitrogens with zero attached hydrogens (tertiary/aromatic N) is 2. The van der Waals surface area contributed by atoms with Crippen LogP contribution in [0.1, 0.15) is 23.1 Å². The van der Waals surface area contributed by atoms with Crippen molar-refractivity contribution in [3.05, 3.63) is 34.9 Å². The number of piperazine rings is 1. The van der Waals surface area contributed by atoms with Gasteiger partial charge < -0.3 is 5.73 Å². The van der Waals surface area contributed by atoms with Crippen LogP contribution in [0.5, 0.6) is 0 Å². The number of fused-ring (bicyclic) bond motifs is 1. The van der Waals surface area contributed by atoms with Crippen molar-refractivity contribution in [2.45, 2.75) is 25.8 Å². The van der Waals surface area contributed by atoms with Crippen LogP contribution in [0.3, 0.4) is 0 Å². The molecule has 1 aliphatic heterocycles. The highest BCUT2D eigenvalue weighted by atomic mass is 32.1. The molecule has 1 aromatic carbocycles. The Kier molecular flexibility index (Phi) is 4.34. The number of benzene rings is 1. The molecule has 0 bridgehead atoms. The predicted molar refractivity (Wildman–Crippen MR) is 87.0 cm³/mol. The van der Waals surface area contributed by atoms with Gasteiger partial charge in [0.05, 0.1) is 4.99 Å². The Labute approximate surface area is 126 Å². The molecular weight excluding hydrogens is 266 g/mol. The summed E-state index contributed by atoms with van der Waals surface area (Å²) in [5.41, 5.74) is 10.2. The number of aryl methyl sites for hydroxylation is 2. The van der Waals surface area contributed by atoms with E-state index in [0.29, 0.717) is 4.99 Å². The monoisotopic (exact) mass is 289 g/mol. The third-order valence-electron chi connectivity index (χ3n) is 4.41. The Bertz CT molecular complexity index is 492. The Balaban J connectivity index is 1.53. The molecule has 2 N–H and O–H groups in total. The summed E-state index contributed by atoms with van der Waals surface area (Å²) in [6, 6.07) is 7.07. The molecule has 2 aliphatic rings. The Morgan fingerprint density at radius 2 is 1.75 bits per heavy atom. The molecule has 1 saturated heterocycles. The lowest BCUT2D eigenvalue weighted by atomic mass is 10.1. The second-order valence-corrected chi connectivity index (χ2v) is 6.50. The summed E-state index contributed by atoms with van der Waals surface area (Å²) in [6.07, 6.45) is 3.87. The summed E-state index contributed by atoms with van der Waals surface area (Å²) in [4.78, 5) is 5.49. The molecule has 108 valence electrons. The van der Waals surface area contributed by atoms with Gasteiger partial charge in [-0.2, -0.15) is 0 Å². The number of hydrogen-bond donors (Lipinski definition) is 1. The fourth-order valence-electron chi connectivity index (χ4n) is 3.31. The lowest BCUT2D eigenvalue weighted by molar-refractivity contribution is 0.140. The van der Waals surface area contributed by atoms with E-state index in [-0.39, 0.29) is 0 Å². The highest BCUT2D eigenvalue weighted by Crippen LogP contribution is 2.23. The molecule has 1 heterocycles. The van der Waals surface area contributed by atoms with Gasteiger partial charge in [0.2, 0.25) is 0 Å². The summed E-state index contributed by atoms with van der Waals surface area (Å²) in [6.45, 7) is 6.21. The zero-order valence-electron chi connectivity index (χ0n) is 12.0. The van der Waals surface area contributed by atoms with Gasteiger partial charge >= 0.3 is 0 Å². The lowest BCUT2D eigenvalue weighted by Gasteiger charge is -2.34. The van der Waals surface area contributed by atoms with E-state index in [9.17, 15) is 0 Å². The molecule has 0 saturated carbocycles. The highest BCUT2D eigenvalue weighted by Gasteiger charge is 2.18. The van der Waals surface area contributed by atoms with Gasteiger partial charge in [-0.15, -0.1) is 0 Å². The normalized spacial score (nSPS) is 20.0. The predicted octanol–water partition coefficient (Wildman–Crippen LogP) is 1.58. The SMILES string of the molecule is NC(=S)CN1CCN(Cc2ccc3c(c2)CCC3)CC1. The first-order valence-electron chi connectivity index (χ1n) is 7.54. The molecular formula is C16H23N3S. The van der Waals surface area contributed by atoms with Crippen molar-refractivity contribution in [3.8, 4) is 0 Å². The molecule has 1 aromatic rings. The van der Waals surface area contributed by atoms with E-state index in [1.54, 1.807) is 11.1 Å². The molecule has 0 amide bonds. The first-order chi connectivity index (χ1) is 9.70. The van der Waals surface area contributed by atoms with Crippen molar-refractivity contribution < 1.29 is 0 Å². The van der Waals surface area contributed by atoms with Gasteiger partial charge in [-0.05, 0) is 36.0 Å². The zero-order chi connectivity index (χ0) is 13.9. The minimum atomic E-state index is 0.608. The van der Waals surface area contributed by atoms with Crippen LogP contribution in [0.15, 0.2) is 18.2 Å². The van der Waals surface area contributed by atoms with Gasteiger partial charge in [-0.3, -0.25) is 9.80 Å². The van der Waals surface area contributed by atoms with E-state index in [1.807, 2.05) is 0 Å². The standard InChI is InChI=1S/C16H23N3S/c17-16(20)12-19-8-6-18(7-9-19)11-13-4-5-14-2-1-3-15(14)10-13/h4-5,10H,1-3,6-9,11-12H2,(H2,17,20). The van der Waals surface area contributed by atoms with Gasteiger partial charge in [0.15, 0.2) is 0 Å². The Morgan fingerprint density at radius 1 is 1.05 bits per heavy atom.